The number of benzene rings is 1. The van der Waals surface area contributed by atoms with Gasteiger partial charge in [0.05, 0.1) is 11.4 Å². The number of hydrogen-bond acceptors (Lipinski definition) is 6. The molecule has 4 rings (SSSR count). The van der Waals surface area contributed by atoms with Gasteiger partial charge in [-0.2, -0.15) is 0 Å². The van der Waals surface area contributed by atoms with E-state index in [0.29, 0.717) is 28.9 Å². The van der Waals surface area contributed by atoms with Crippen molar-refractivity contribution in [1.82, 2.24) is 25.2 Å². The number of aryl methyl sites for hydroxylation is 1. The molecule has 1 aromatic carbocycles. The number of rotatable bonds is 6. The Bertz CT molecular complexity index is 936. The fourth-order valence-corrected chi connectivity index (χ4v) is 3.10. The Balaban J connectivity index is 1.46. The number of hydrogen-bond donors (Lipinski definition) is 0. The zero-order chi connectivity index (χ0) is 19.7. The zero-order valence-corrected chi connectivity index (χ0v) is 15.6. The summed E-state index contributed by atoms with van der Waals surface area (Å²) in [6, 6.07) is 9.60. The van der Waals surface area contributed by atoms with Crippen molar-refractivity contribution in [3.05, 3.63) is 53.3 Å². The topological polar surface area (TPSA) is 69.0 Å². The fourth-order valence-electron chi connectivity index (χ4n) is 3.10. The zero-order valence-electron chi connectivity index (χ0n) is 15.6. The SMILES string of the molecule is Cc1nnn(-c2ccc(C(F)F)cc2)c1COc1ccc(N2CC(C)C2)nn1. The van der Waals surface area contributed by atoms with Crippen LogP contribution in [0.25, 0.3) is 5.69 Å². The van der Waals surface area contributed by atoms with Gasteiger partial charge in [0, 0.05) is 24.7 Å². The monoisotopic (exact) mass is 386 g/mol. The highest BCUT2D eigenvalue weighted by Gasteiger charge is 2.24. The number of ether oxygens (including phenoxy) is 1. The second-order valence-electron chi connectivity index (χ2n) is 6.95. The van der Waals surface area contributed by atoms with Crippen LogP contribution in [0.3, 0.4) is 0 Å². The third-order valence-corrected chi connectivity index (χ3v) is 4.72. The van der Waals surface area contributed by atoms with Gasteiger partial charge in [-0.05, 0) is 31.0 Å². The van der Waals surface area contributed by atoms with Crippen LogP contribution in [-0.4, -0.2) is 38.3 Å². The molecule has 0 saturated carbocycles. The van der Waals surface area contributed by atoms with Crippen molar-refractivity contribution in [2.75, 3.05) is 18.0 Å². The Kier molecular flexibility index (Phi) is 4.89. The molecule has 9 heteroatoms. The van der Waals surface area contributed by atoms with E-state index >= 15 is 0 Å². The van der Waals surface area contributed by atoms with Gasteiger partial charge in [-0.3, -0.25) is 0 Å². The van der Waals surface area contributed by atoms with Gasteiger partial charge in [-0.15, -0.1) is 15.3 Å². The Morgan fingerprint density at radius 1 is 1.07 bits per heavy atom. The molecule has 1 fully saturated rings. The standard InChI is InChI=1S/C19H20F2N6O/c1-12-9-26(10-12)17-7-8-18(24-23-17)28-11-16-13(2)22-25-27(16)15-5-3-14(4-6-15)19(20)21/h3-8,12,19H,9-11H2,1-2H3. The second kappa shape index (κ2) is 7.49. The molecule has 7 nitrogen and oxygen atoms in total. The molecule has 0 unspecified atom stereocenters. The number of nitrogens with zero attached hydrogens (tertiary/aromatic N) is 6. The van der Waals surface area contributed by atoms with Crippen LogP contribution >= 0.6 is 0 Å². The highest BCUT2D eigenvalue weighted by Crippen LogP contribution is 2.23. The molecule has 146 valence electrons. The molecular formula is C19H20F2N6O. The van der Waals surface area contributed by atoms with E-state index in [1.807, 2.05) is 13.0 Å². The summed E-state index contributed by atoms with van der Waals surface area (Å²) in [7, 11) is 0. The van der Waals surface area contributed by atoms with E-state index in [1.54, 1.807) is 22.9 Å². The van der Waals surface area contributed by atoms with Gasteiger partial charge in [-0.25, -0.2) is 13.5 Å². The van der Waals surface area contributed by atoms with Crippen molar-refractivity contribution in [2.24, 2.45) is 5.92 Å². The average Bonchev–Trinajstić information content (AvgIpc) is 3.05. The maximum absolute atomic E-state index is 12.7. The normalized spacial score (nSPS) is 14.4. The Morgan fingerprint density at radius 2 is 1.82 bits per heavy atom. The molecule has 1 aliphatic rings. The number of halogens is 2. The van der Waals surface area contributed by atoms with Crippen LogP contribution in [0, 0.1) is 12.8 Å². The molecular weight excluding hydrogens is 366 g/mol. The first-order chi connectivity index (χ1) is 13.5. The maximum Gasteiger partial charge on any atom is 0.263 e. The smallest absolute Gasteiger partial charge is 0.263 e. The van der Waals surface area contributed by atoms with Crippen molar-refractivity contribution >= 4 is 5.82 Å². The number of anilines is 1. The molecule has 3 aromatic rings. The van der Waals surface area contributed by atoms with Crippen LogP contribution in [-0.2, 0) is 6.61 Å². The molecule has 0 bridgehead atoms. The number of aromatic nitrogens is 5. The molecule has 0 atom stereocenters. The summed E-state index contributed by atoms with van der Waals surface area (Å²) in [4.78, 5) is 2.16. The Hall–Kier alpha value is -3.10. The van der Waals surface area contributed by atoms with Gasteiger partial charge in [0.25, 0.3) is 6.43 Å². The Labute approximate surface area is 161 Å². The lowest BCUT2D eigenvalue weighted by Gasteiger charge is -2.37. The number of alkyl halides is 2. The van der Waals surface area contributed by atoms with Crippen LogP contribution in [0.4, 0.5) is 14.6 Å². The van der Waals surface area contributed by atoms with Crippen LogP contribution in [0.15, 0.2) is 36.4 Å². The lowest BCUT2D eigenvalue weighted by Crippen LogP contribution is -2.45. The molecule has 0 amide bonds. The van der Waals surface area contributed by atoms with Crippen LogP contribution in [0.1, 0.15) is 30.3 Å². The molecule has 0 radical (unpaired) electrons. The first kappa shape index (κ1) is 18.3. The summed E-state index contributed by atoms with van der Waals surface area (Å²) in [5, 5.41) is 16.5. The van der Waals surface area contributed by atoms with Crippen molar-refractivity contribution < 1.29 is 13.5 Å². The third-order valence-electron chi connectivity index (χ3n) is 4.72. The van der Waals surface area contributed by atoms with Crippen molar-refractivity contribution in [2.45, 2.75) is 26.9 Å². The first-order valence-corrected chi connectivity index (χ1v) is 9.02. The minimum absolute atomic E-state index is 0.0367. The van der Waals surface area contributed by atoms with E-state index in [9.17, 15) is 8.78 Å². The fraction of sp³-hybridized carbons (Fsp3) is 0.368. The lowest BCUT2D eigenvalue weighted by molar-refractivity contribution is 0.151. The highest BCUT2D eigenvalue weighted by molar-refractivity contribution is 5.41. The van der Waals surface area contributed by atoms with Crippen molar-refractivity contribution in [3.8, 4) is 11.6 Å². The van der Waals surface area contributed by atoms with E-state index in [1.165, 1.54) is 12.1 Å². The highest BCUT2D eigenvalue weighted by atomic mass is 19.3. The molecule has 0 aliphatic carbocycles. The molecule has 1 aliphatic heterocycles. The van der Waals surface area contributed by atoms with Gasteiger partial charge in [0.2, 0.25) is 5.88 Å². The quantitative estimate of drug-likeness (QED) is 0.647. The summed E-state index contributed by atoms with van der Waals surface area (Å²) in [6.45, 7) is 6.17. The molecule has 1 saturated heterocycles. The summed E-state index contributed by atoms with van der Waals surface area (Å²) < 4.78 is 32.8. The van der Waals surface area contributed by atoms with Gasteiger partial charge in [-0.1, -0.05) is 24.3 Å². The van der Waals surface area contributed by atoms with E-state index < -0.39 is 6.43 Å². The van der Waals surface area contributed by atoms with Crippen LogP contribution < -0.4 is 9.64 Å². The van der Waals surface area contributed by atoms with Crippen LogP contribution in [0.5, 0.6) is 5.88 Å². The molecule has 0 spiro atoms. The molecule has 28 heavy (non-hydrogen) atoms. The van der Waals surface area contributed by atoms with Gasteiger partial charge < -0.3 is 9.64 Å². The van der Waals surface area contributed by atoms with Crippen LogP contribution in [0.2, 0.25) is 0 Å². The molecule has 3 heterocycles. The van der Waals surface area contributed by atoms with Crippen molar-refractivity contribution in [1.29, 1.82) is 0 Å². The van der Waals surface area contributed by atoms with E-state index in [0.717, 1.165) is 18.9 Å². The minimum atomic E-state index is -2.50. The van der Waals surface area contributed by atoms with Gasteiger partial charge >= 0.3 is 0 Å². The predicted octanol–water partition coefficient (Wildman–Crippen LogP) is 3.34. The first-order valence-electron chi connectivity index (χ1n) is 9.02. The molecule has 0 N–H and O–H groups in total. The minimum Gasteiger partial charge on any atom is -0.470 e. The molecule has 2 aromatic heterocycles. The maximum atomic E-state index is 12.7. The van der Waals surface area contributed by atoms with E-state index in [-0.39, 0.29) is 12.2 Å². The summed E-state index contributed by atoms with van der Waals surface area (Å²) in [5.41, 5.74) is 2.01. The van der Waals surface area contributed by atoms with Crippen molar-refractivity contribution in [3.63, 3.8) is 0 Å². The third kappa shape index (κ3) is 3.64. The van der Waals surface area contributed by atoms with Gasteiger partial charge in [0.15, 0.2) is 5.82 Å². The van der Waals surface area contributed by atoms with E-state index in [4.69, 9.17) is 4.74 Å². The van der Waals surface area contributed by atoms with Gasteiger partial charge in [0.1, 0.15) is 12.3 Å². The summed E-state index contributed by atoms with van der Waals surface area (Å²) >= 11 is 0. The summed E-state index contributed by atoms with van der Waals surface area (Å²) in [6.07, 6.45) is -2.50. The summed E-state index contributed by atoms with van der Waals surface area (Å²) in [5.74, 6) is 1.92. The lowest BCUT2D eigenvalue weighted by atomic mass is 10.0. The predicted molar refractivity (Wildman–Crippen MR) is 98.8 cm³/mol. The Morgan fingerprint density at radius 3 is 2.43 bits per heavy atom. The van der Waals surface area contributed by atoms with E-state index in [2.05, 4.69) is 32.3 Å². The average molecular weight is 386 g/mol. The largest absolute Gasteiger partial charge is 0.470 e. The second-order valence-corrected chi connectivity index (χ2v) is 6.95.